The fourth-order valence-electron chi connectivity index (χ4n) is 4.64. The molecule has 1 atom stereocenters. The molecule has 1 aliphatic rings. The van der Waals surface area contributed by atoms with E-state index in [9.17, 15) is 14.7 Å². The van der Waals surface area contributed by atoms with Crippen LogP contribution < -0.4 is 4.90 Å². The molecule has 4 heteroatoms. The molecule has 0 aromatic heterocycles. The summed E-state index contributed by atoms with van der Waals surface area (Å²) in [5.41, 5.74) is 1.20. The van der Waals surface area contributed by atoms with Crippen LogP contribution in [-0.2, 0) is 21.7 Å². The number of benzene rings is 4. The number of hydrogen-bond acceptors (Lipinski definition) is 3. The summed E-state index contributed by atoms with van der Waals surface area (Å²) in [4.78, 5) is 27.9. The molecule has 5 rings (SSSR count). The lowest BCUT2D eigenvalue weighted by atomic mass is 9.90. The minimum absolute atomic E-state index is 0.309. The molecule has 172 valence electrons. The van der Waals surface area contributed by atoms with Gasteiger partial charge in [0, 0.05) is 5.56 Å². The molecule has 4 nitrogen and oxygen atoms in total. The van der Waals surface area contributed by atoms with Crippen LogP contribution in [0.2, 0.25) is 0 Å². The summed E-state index contributed by atoms with van der Waals surface area (Å²) in [6.07, 6.45) is 6.39. The van der Waals surface area contributed by atoms with E-state index in [1.54, 1.807) is 29.2 Å². The highest BCUT2D eigenvalue weighted by Crippen LogP contribution is 2.43. The summed E-state index contributed by atoms with van der Waals surface area (Å²) in [7, 11) is 0. The predicted octanol–water partition coefficient (Wildman–Crippen LogP) is 5.80. The number of amides is 1. The average molecular weight is 460 g/mol. The van der Waals surface area contributed by atoms with E-state index in [1.807, 2.05) is 91.0 Å². The van der Waals surface area contributed by atoms with Crippen LogP contribution in [-0.4, -0.2) is 16.8 Å². The minimum atomic E-state index is -1.90. The van der Waals surface area contributed by atoms with Crippen LogP contribution in [0.3, 0.4) is 0 Å². The van der Waals surface area contributed by atoms with Crippen molar-refractivity contribution in [2.75, 3.05) is 4.90 Å². The number of rotatable bonds is 7. The monoisotopic (exact) mass is 459 g/mol. The van der Waals surface area contributed by atoms with Crippen LogP contribution >= 0.6 is 0 Å². The lowest BCUT2D eigenvalue weighted by molar-refractivity contribution is -0.140. The summed E-state index contributed by atoms with van der Waals surface area (Å²) in [6, 6.07) is 30.9. The van der Waals surface area contributed by atoms with Crippen molar-refractivity contribution in [1.29, 1.82) is 0 Å². The van der Waals surface area contributed by atoms with Crippen molar-refractivity contribution < 1.29 is 14.7 Å². The lowest BCUT2D eigenvalue weighted by Gasteiger charge is -2.23. The van der Waals surface area contributed by atoms with Gasteiger partial charge in [-0.2, -0.15) is 0 Å². The van der Waals surface area contributed by atoms with Gasteiger partial charge < -0.3 is 10.0 Å². The molecule has 1 aliphatic heterocycles. The number of aliphatic hydroxyl groups is 1. The molecule has 0 bridgehead atoms. The van der Waals surface area contributed by atoms with Crippen LogP contribution in [0.25, 0.3) is 16.8 Å². The number of para-hydroxylation sites is 1. The maximum absolute atomic E-state index is 13.6. The Balaban J connectivity index is 1.38. The Labute approximate surface area is 204 Å². The second-order valence-electron chi connectivity index (χ2n) is 8.68. The van der Waals surface area contributed by atoms with E-state index >= 15 is 0 Å². The number of anilines is 1. The average Bonchev–Trinajstić information content (AvgIpc) is 3.09. The first-order valence-corrected chi connectivity index (χ1v) is 11.6. The molecule has 1 heterocycles. The Morgan fingerprint density at radius 1 is 0.829 bits per heavy atom. The first-order chi connectivity index (χ1) is 17.1. The standard InChI is InChI=1S/C31H25NO3/c33-26(17-6-4-13-23-11-2-1-3-12-23)21-31(35)28-19-8-9-20-29(28)32(30(31)34)22-25-16-10-15-24-14-5-7-18-27(24)25/h1-20,35H,21-22H2. The topological polar surface area (TPSA) is 57.6 Å². The molecule has 0 saturated carbocycles. The summed E-state index contributed by atoms with van der Waals surface area (Å²) in [5, 5.41) is 13.7. The predicted molar refractivity (Wildman–Crippen MR) is 140 cm³/mol. The third-order valence-corrected chi connectivity index (χ3v) is 6.36. The normalized spacial score (nSPS) is 17.5. The highest BCUT2D eigenvalue weighted by molar-refractivity contribution is 6.10. The van der Waals surface area contributed by atoms with Gasteiger partial charge >= 0.3 is 0 Å². The highest BCUT2D eigenvalue weighted by Gasteiger charge is 2.50. The van der Waals surface area contributed by atoms with Gasteiger partial charge in [0.2, 0.25) is 0 Å². The first-order valence-electron chi connectivity index (χ1n) is 11.6. The minimum Gasteiger partial charge on any atom is -0.375 e. The van der Waals surface area contributed by atoms with E-state index in [2.05, 4.69) is 0 Å². The summed E-state index contributed by atoms with van der Waals surface area (Å²) in [6.45, 7) is 0.309. The molecule has 0 fully saturated rings. The van der Waals surface area contributed by atoms with E-state index in [0.717, 1.165) is 21.9 Å². The second kappa shape index (κ2) is 9.53. The van der Waals surface area contributed by atoms with Gasteiger partial charge in [0.05, 0.1) is 18.7 Å². The number of nitrogens with zero attached hydrogens (tertiary/aromatic N) is 1. The van der Waals surface area contributed by atoms with Crippen molar-refractivity contribution in [3.63, 3.8) is 0 Å². The van der Waals surface area contributed by atoms with Crippen molar-refractivity contribution in [1.82, 2.24) is 0 Å². The molecule has 0 saturated heterocycles. The van der Waals surface area contributed by atoms with Gasteiger partial charge in [0.25, 0.3) is 5.91 Å². The summed E-state index contributed by atoms with van der Waals surface area (Å²) in [5.74, 6) is -0.798. The zero-order valence-electron chi connectivity index (χ0n) is 19.2. The van der Waals surface area contributed by atoms with Gasteiger partial charge in [0.15, 0.2) is 11.4 Å². The molecule has 4 aromatic carbocycles. The summed E-state index contributed by atoms with van der Waals surface area (Å²) >= 11 is 0. The number of carbonyl (C=O) groups is 2. The SMILES string of the molecule is O=C(C=CC=Cc1ccccc1)CC1(O)C(=O)N(Cc2cccc3ccccc23)c2ccccc21. The number of hydrogen-bond donors (Lipinski definition) is 1. The molecule has 0 aliphatic carbocycles. The van der Waals surface area contributed by atoms with E-state index in [0.29, 0.717) is 17.8 Å². The molecule has 35 heavy (non-hydrogen) atoms. The van der Waals surface area contributed by atoms with Crippen molar-refractivity contribution in [2.24, 2.45) is 0 Å². The van der Waals surface area contributed by atoms with Gasteiger partial charge in [-0.1, -0.05) is 109 Å². The molecule has 4 aromatic rings. The van der Waals surface area contributed by atoms with Crippen LogP contribution in [0.1, 0.15) is 23.1 Å². The zero-order chi connectivity index (χ0) is 24.3. The molecule has 1 N–H and O–H groups in total. The van der Waals surface area contributed by atoms with Crippen LogP contribution in [0.4, 0.5) is 5.69 Å². The van der Waals surface area contributed by atoms with Gasteiger partial charge in [0.1, 0.15) is 0 Å². The largest absolute Gasteiger partial charge is 0.375 e. The molecular weight excluding hydrogens is 434 g/mol. The maximum Gasteiger partial charge on any atom is 0.264 e. The third-order valence-electron chi connectivity index (χ3n) is 6.36. The van der Waals surface area contributed by atoms with Gasteiger partial charge in [-0.05, 0) is 34.0 Å². The van der Waals surface area contributed by atoms with Crippen molar-refractivity contribution in [2.45, 2.75) is 18.6 Å². The van der Waals surface area contributed by atoms with E-state index in [-0.39, 0.29) is 12.2 Å². The maximum atomic E-state index is 13.6. The molecule has 1 amide bonds. The molecular formula is C31H25NO3. The number of ketones is 1. The summed E-state index contributed by atoms with van der Waals surface area (Å²) < 4.78 is 0. The fraction of sp³-hybridized carbons (Fsp3) is 0.0968. The van der Waals surface area contributed by atoms with Crippen LogP contribution in [0, 0.1) is 0 Å². The van der Waals surface area contributed by atoms with Gasteiger partial charge in [-0.15, -0.1) is 0 Å². The molecule has 0 spiro atoms. The quantitative estimate of drug-likeness (QED) is 0.281. The van der Waals surface area contributed by atoms with Crippen molar-refractivity contribution in [3.05, 3.63) is 132 Å². The zero-order valence-corrected chi connectivity index (χ0v) is 19.2. The van der Waals surface area contributed by atoms with E-state index < -0.39 is 11.5 Å². The highest BCUT2D eigenvalue weighted by atomic mass is 16.3. The number of fused-ring (bicyclic) bond motifs is 2. The van der Waals surface area contributed by atoms with E-state index in [4.69, 9.17) is 0 Å². The van der Waals surface area contributed by atoms with Gasteiger partial charge in [-0.25, -0.2) is 0 Å². The first kappa shape index (κ1) is 22.5. The lowest BCUT2D eigenvalue weighted by Crippen LogP contribution is -2.41. The Hall–Kier alpha value is -4.28. The Morgan fingerprint density at radius 2 is 1.54 bits per heavy atom. The van der Waals surface area contributed by atoms with E-state index in [1.165, 1.54) is 6.08 Å². The molecule has 1 unspecified atom stereocenters. The Kier molecular flexibility index (Phi) is 6.13. The molecule has 0 radical (unpaired) electrons. The van der Waals surface area contributed by atoms with Crippen LogP contribution in [0.5, 0.6) is 0 Å². The fourth-order valence-corrected chi connectivity index (χ4v) is 4.64. The smallest absolute Gasteiger partial charge is 0.264 e. The Morgan fingerprint density at radius 3 is 2.40 bits per heavy atom. The number of allylic oxidation sites excluding steroid dienone is 3. The number of carbonyl (C=O) groups excluding carboxylic acids is 2. The van der Waals surface area contributed by atoms with Gasteiger partial charge in [-0.3, -0.25) is 9.59 Å². The van der Waals surface area contributed by atoms with Crippen molar-refractivity contribution in [3.8, 4) is 0 Å². The third kappa shape index (κ3) is 4.44. The Bertz CT molecular complexity index is 1450. The van der Waals surface area contributed by atoms with Crippen LogP contribution in [0.15, 0.2) is 115 Å². The second-order valence-corrected chi connectivity index (χ2v) is 8.68. The van der Waals surface area contributed by atoms with Crippen molar-refractivity contribution >= 4 is 34.2 Å².